The van der Waals surface area contributed by atoms with Gasteiger partial charge in [-0.3, -0.25) is 0 Å². The third-order valence-corrected chi connectivity index (χ3v) is 6.31. The van der Waals surface area contributed by atoms with Crippen molar-refractivity contribution in [1.29, 1.82) is 0 Å². The molecule has 200 valence electrons. The van der Waals surface area contributed by atoms with Crippen LogP contribution in [-0.2, 0) is 38.8 Å². The molecule has 0 aliphatic carbocycles. The Kier molecular flexibility index (Phi) is 9.83. The molecule has 1 heterocycles. The second kappa shape index (κ2) is 14.6. The number of hydrogen-bond donors (Lipinski definition) is 0. The second-order valence-corrected chi connectivity index (χ2v) is 9.37. The standard InChI is InChI=1S/C36H32O4/c1-5-14-29(15-6-1)22-13-23-33-34(38-26-31-18-9-3-10-19-31)24-35(39-27-32-20-11-4-12-21-32)36(40-33)28-37-25-30-16-7-2-8-17-30/h1-12,14-21,23-24,35-36H,25-28H2/b33-23-/t35-,36-/m1/s1. The van der Waals surface area contributed by atoms with Gasteiger partial charge in [0.25, 0.3) is 0 Å². The lowest BCUT2D eigenvalue weighted by Gasteiger charge is -2.32. The molecule has 4 aromatic rings. The van der Waals surface area contributed by atoms with Crippen molar-refractivity contribution >= 4 is 0 Å². The molecule has 0 aromatic heterocycles. The van der Waals surface area contributed by atoms with Gasteiger partial charge in [-0.2, -0.15) is 0 Å². The van der Waals surface area contributed by atoms with Gasteiger partial charge in [0.15, 0.2) is 17.6 Å². The van der Waals surface area contributed by atoms with Crippen molar-refractivity contribution in [3.8, 4) is 11.8 Å². The fourth-order valence-electron chi connectivity index (χ4n) is 4.21. The lowest BCUT2D eigenvalue weighted by molar-refractivity contribution is -0.0858. The summed E-state index contributed by atoms with van der Waals surface area (Å²) in [7, 11) is 0. The summed E-state index contributed by atoms with van der Waals surface area (Å²) in [4.78, 5) is 0. The monoisotopic (exact) mass is 528 g/mol. The van der Waals surface area contributed by atoms with E-state index in [0.29, 0.717) is 37.9 Å². The minimum atomic E-state index is -0.374. The van der Waals surface area contributed by atoms with Gasteiger partial charge in [0, 0.05) is 11.6 Å². The molecule has 4 nitrogen and oxygen atoms in total. The highest BCUT2D eigenvalue weighted by molar-refractivity contribution is 5.40. The molecule has 1 aliphatic heterocycles. The van der Waals surface area contributed by atoms with Crippen molar-refractivity contribution in [2.75, 3.05) is 6.61 Å². The molecule has 4 heteroatoms. The summed E-state index contributed by atoms with van der Waals surface area (Å²) in [5.41, 5.74) is 4.18. The van der Waals surface area contributed by atoms with Crippen LogP contribution in [0.5, 0.6) is 0 Å². The first-order valence-corrected chi connectivity index (χ1v) is 13.4. The van der Waals surface area contributed by atoms with E-state index in [9.17, 15) is 0 Å². The predicted molar refractivity (Wildman–Crippen MR) is 157 cm³/mol. The molecule has 0 radical (unpaired) electrons. The fraction of sp³-hybridized carbons (Fsp3) is 0.167. The molecule has 0 saturated heterocycles. The van der Waals surface area contributed by atoms with Crippen LogP contribution in [0.25, 0.3) is 0 Å². The highest BCUT2D eigenvalue weighted by Crippen LogP contribution is 2.28. The average Bonchev–Trinajstić information content (AvgIpc) is 3.02. The zero-order valence-electron chi connectivity index (χ0n) is 22.3. The van der Waals surface area contributed by atoms with Crippen molar-refractivity contribution < 1.29 is 18.9 Å². The Balaban J connectivity index is 1.38. The van der Waals surface area contributed by atoms with E-state index in [2.05, 4.69) is 11.8 Å². The molecule has 4 aromatic carbocycles. The Hall–Kier alpha value is -4.56. The Morgan fingerprint density at radius 1 is 0.650 bits per heavy atom. The molecular formula is C36H32O4. The van der Waals surface area contributed by atoms with E-state index >= 15 is 0 Å². The van der Waals surface area contributed by atoms with Crippen molar-refractivity contribution in [2.24, 2.45) is 0 Å². The molecule has 1 aliphatic rings. The summed E-state index contributed by atoms with van der Waals surface area (Å²) < 4.78 is 25.2. The predicted octanol–water partition coefficient (Wildman–Crippen LogP) is 7.22. The number of ether oxygens (including phenoxy) is 4. The number of hydrogen-bond acceptors (Lipinski definition) is 4. The van der Waals surface area contributed by atoms with E-state index in [1.165, 1.54) is 0 Å². The second-order valence-electron chi connectivity index (χ2n) is 9.37. The molecule has 0 N–H and O–H groups in total. The minimum absolute atomic E-state index is 0.347. The normalized spacial score (nSPS) is 17.3. The van der Waals surface area contributed by atoms with Crippen molar-refractivity contribution in [3.63, 3.8) is 0 Å². The van der Waals surface area contributed by atoms with Crippen molar-refractivity contribution in [3.05, 3.63) is 167 Å². The molecule has 0 amide bonds. The lowest BCUT2D eigenvalue weighted by Crippen LogP contribution is -2.38. The smallest absolute Gasteiger partial charge is 0.169 e. The summed E-state index contributed by atoms with van der Waals surface area (Å²) in [5, 5.41) is 0. The average molecular weight is 529 g/mol. The fourth-order valence-corrected chi connectivity index (χ4v) is 4.21. The van der Waals surface area contributed by atoms with Gasteiger partial charge in [-0.05, 0) is 34.9 Å². The van der Waals surface area contributed by atoms with E-state index < -0.39 is 0 Å². The van der Waals surface area contributed by atoms with Gasteiger partial charge in [0.05, 0.1) is 19.8 Å². The van der Waals surface area contributed by atoms with Crippen LogP contribution in [0.3, 0.4) is 0 Å². The maximum absolute atomic E-state index is 6.48. The Morgan fingerprint density at radius 2 is 1.20 bits per heavy atom. The van der Waals surface area contributed by atoms with Gasteiger partial charge in [0.1, 0.15) is 12.7 Å². The van der Waals surface area contributed by atoms with Crippen LogP contribution in [0.2, 0.25) is 0 Å². The van der Waals surface area contributed by atoms with E-state index in [-0.39, 0.29) is 12.2 Å². The Morgan fingerprint density at radius 3 is 1.82 bits per heavy atom. The van der Waals surface area contributed by atoms with E-state index in [4.69, 9.17) is 18.9 Å². The van der Waals surface area contributed by atoms with Crippen LogP contribution in [-0.4, -0.2) is 18.8 Å². The summed E-state index contributed by atoms with van der Waals surface area (Å²) in [6, 6.07) is 40.1. The summed E-state index contributed by atoms with van der Waals surface area (Å²) in [6.07, 6.45) is 3.01. The summed E-state index contributed by atoms with van der Waals surface area (Å²) in [5.74, 6) is 7.47. The molecular weight excluding hydrogens is 496 g/mol. The maximum atomic E-state index is 6.48. The van der Waals surface area contributed by atoms with Crippen LogP contribution in [0.15, 0.2) is 145 Å². The first-order valence-electron chi connectivity index (χ1n) is 13.4. The Bertz CT molecular complexity index is 1440. The zero-order valence-corrected chi connectivity index (χ0v) is 22.3. The SMILES string of the molecule is C(#Cc1ccccc1)/C=C1\O[C@H](COCc2ccccc2)[C@H](OCc2ccccc2)C=C1OCc1ccccc1. The highest BCUT2D eigenvalue weighted by atomic mass is 16.6. The number of benzene rings is 4. The topological polar surface area (TPSA) is 36.9 Å². The molecule has 0 spiro atoms. The van der Waals surface area contributed by atoms with Gasteiger partial charge in [-0.15, -0.1) is 0 Å². The Labute approximate surface area is 236 Å². The number of allylic oxidation sites excluding steroid dienone is 1. The molecule has 5 rings (SSSR count). The van der Waals surface area contributed by atoms with E-state index in [0.717, 1.165) is 22.3 Å². The third-order valence-electron chi connectivity index (χ3n) is 6.31. The number of rotatable bonds is 10. The summed E-state index contributed by atoms with van der Waals surface area (Å²) in [6.45, 7) is 1.68. The van der Waals surface area contributed by atoms with Crippen LogP contribution in [0, 0.1) is 11.8 Å². The van der Waals surface area contributed by atoms with Crippen LogP contribution in [0.4, 0.5) is 0 Å². The van der Waals surface area contributed by atoms with Gasteiger partial charge < -0.3 is 18.9 Å². The van der Waals surface area contributed by atoms with Gasteiger partial charge in [-0.25, -0.2) is 0 Å². The molecule has 0 saturated carbocycles. The minimum Gasteiger partial charge on any atom is -0.485 e. The first-order chi connectivity index (χ1) is 19.8. The molecule has 40 heavy (non-hydrogen) atoms. The maximum Gasteiger partial charge on any atom is 0.169 e. The van der Waals surface area contributed by atoms with Crippen LogP contribution >= 0.6 is 0 Å². The highest BCUT2D eigenvalue weighted by Gasteiger charge is 2.31. The summed E-state index contributed by atoms with van der Waals surface area (Å²) >= 11 is 0. The van der Waals surface area contributed by atoms with Crippen LogP contribution < -0.4 is 0 Å². The van der Waals surface area contributed by atoms with E-state index in [1.807, 2.05) is 127 Å². The third kappa shape index (κ3) is 8.22. The van der Waals surface area contributed by atoms with Crippen LogP contribution in [0.1, 0.15) is 22.3 Å². The van der Waals surface area contributed by atoms with E-state index in [1.54, 1.807) is 6.08 Å². The quantitative estimate of drug-likeness (QED) is 0.204. The van der Waals surface area contributed by atoms with Crippen molar-refractivity contribution in [2.45, 2.75) is 32.0 Å². The zero-order chi connectivity index (χ0) is 27.2. The van der Waals surface area contributed by atoms with Crippen molar-refractivity contribution in [1.82, 2.24) is 0 Å². The largest absolute Gasteiger partial charge is 0.485 e. The molecule has 0 bridgehead atoms. The lowest BCUT2D eigenvalue weighted by atomic mass is 10.1. The van der Waals surface area contributed by atoms with Gasteiger partial charge >= 0.3 is 0 Å². The van der Waals surface area contributed by atoms with Gasteiger partial charge in [-0.1, -0.05) is 121 Å². The molecule has 0 unspecified atom stereocenters. The molecule has 0 fully saturated rings. The van der Waals surface area contributed by atoms with Gasteiger partial charge in [0.2, 0.25) is 0 Å². The molecule has 2 atom stereocenters. The first kappa shape index (κ1) is 27.0.